The normalized spacial score (nSPS) is 22.6. The van der Waals surface area contributed by atoms with Gasteiger partial charge in [-0.3, -0.25) is 0 Å². The Labute approximate surface area is 243 Å². The van der Waals surface area contributed by atoms with Crippen LogP contribution in [-0.4, -0.2) is 68.6 Å². The van der Waals surface area contributed by atoms with Gasteiger partial charge in [0.25, 0.3) is 0 Å². The van der Waals surface area contributed by atoms with Gasteiger partial charge in [0, 0.05) is 37.3 Å². The molecule has 1 saturated heterocycles. The van der Waals surface area contributed by atoms with Gasteiger partial charge in [-0.1, -0.05) is 26.2 Å². The first-order valence-electron chi connectivity index (χ1n) is 14.2. The second-order valence-corrected chi connectivity index (χ2v) is 10.8. The molecule has 0 unspecified atom stereocenters. The average Bonchev–Trinajstić information content (AvgIpc) is 3.57. The number of aromatic nitrogens is 4. The van der Waals surface area contributed by atoms with Crippen molar-refractivity contribution in [1.82, 2.24) is 24.6 Å². The van der Waals surface area contributed by atoms with Crippen molar-refractivity contribution < 1.29 is 14.4 Å². The maximum Gasteiger partial charge on any atom is 0.527 e. The molecular formula is C26H44Cl2N8O3. The Balaban J connectivity index is 0.00000210. The minimum absolute atomic E-state index is 0. The molecule has 0 amide bonds. The molecule has 0 aromatic carbocycles. The van der Waals surface area contributed by atoms with Crippen LogP contribution >= 0.6 is 24.8 Å². The molecule has 4 N–H and O–H groups in total. The summed E-state index contributed by atoms with van der Waals surface area (Å²) in [5.41, 5.74) is 7.83. The predicted molar refractivity (Wildman–Crippen MR) is 157 cm³/mol. The van der Waals surface area contributed by atoms with E-state index in [1.807, 2.05) is 6.33 Å². The molecule has 3 fully saturated rings. The number of ether oxygens (including phenoxy) is 1. The van der Waals surface area contributed by atoms with Crippen LogP contribution in [0, 0.1) is 0 Å². The van der Waals surface area contributed by atoms with E-state index in [-0.39, 0.29) is 30.9 Å². The van der Waals surface area contributed by atoms with Crippen molar-refractivity contribution in [3.05, 3.63) is 6.33 Å². The fraction of sp³-hybridized carbons (Fsp3) is 0.769. The molecule has 11 nitrogen and oxygen atoms in total. The predicted octanol–water partition coefficient (Wildman–Crippen LogP) is 5.21. The van der Waals surface area contributed by atoms with Crippen LogP contribution in [0.4, 0.5) is 16.6 Å². The number of carbonyl (C=O) groups excluding carboxylic acids is 1. The number of hydrogen-bond acceptors (Lipinski definition) is 10. The third-order valence-corrected chi connectivity index (χ3v) is 7.96. The number of nitrogens with one attached hydrogen (secondary N) is 2. The second-order valence-electron chi connectivity index (χ2n) is 10.8. The van der Waals surface area contributed by atoms with Crippen molar-refractivity contribution in [2.24, 2.45) is 5.73 Å². The number of rotatable bonds is 9. The third-order valence-electron chi connectivity index (χ3n) is 7.96. The molecule has 0 radical (unpaired) electrons. The first kappa shape index (κ1) is 31.4. The highest BCUT2D eigenvalue weighted by Crippen LogP contribution is 2.34. The van der Waals surface area contributed by atoms with E-state index in [9.17, 15) is 4.79 Å². The van der Waals surface area contributed by atoms with Gasteiger partial charge < -0.3 is 30.5 Å². The summed E-state index contributed by atoms with van der Waals surface area (Å²) >= 11 is 0. The summed E-state index contributed by atoms with van der Waals surface area (Å²) in [4.78, 5) is 31.9. The van der Waals surface area contributed by atoms with Crippen molar-refractivity contribution in [1.29, 1.82) is 0 Å². The van der Waals surface area contributed by atoms with E-state index in [4.69, 9.17) is 30.3 Å². The Morgan fingerprint density at radius 3 is 2.38 bits per heavy atom. The quantitative estimate of drug-likeness (QED) is 0.265. The number of piperidine rings is 1. The largest absolute Gasteiger partial charge is 0.527 e. The lowest BCUT2D eigenvalue weighted by atomic mass is 9.92. The highest BCUT2D eigenvalue weighted by molar-refractivity contribution is 5.86. The number of halogens is 2. The molecular weight excluding hydrogens is 543 g/mol. The van der Waals surface area contributed by atoms with Gasteiger partial charge in [0.15, 0.2) is 17.0 Å². The maximum atomic E-state index is 11.9. The van der Waals surface area contributed by atoms with Gasteiger partial charge in [-0.05, 0) is 57.8 Å². The van der Waals surface area contributed by atoms with Crippen LogP contribution in [-0.2, 0) is 9.57 Å². The summed E-state index contributed by atoms with van der Waals surface area (Å²) in [6, 6.07) is 1.29. The first-order valence-corrected chi connectivity index (χ1v) is 14.2. The molecule has 2 saturated carbocycles. The zero-order chi connectivity index (χ0) is 25.6. The highest BCUT2D eigenvalue weighted by Gasteiger charge is 2.27. The molecule has 2 aromatic heterocycles. The number of hydroxylamine groups is 2. The van der Waals surface area contributed by atoms with Crippen LogP contribution in [0.3, 0.4) is 0 Å². The number of imidazole rings is 1. The van der Waals surface area contributed by atoms with E-state index in [0.717, 1.165) is 68.3 Å². The summed E-state index contributed by atoms with van der Waals surface area (Å²) in [5, 5.41) is 8.92. The number of nitrogens with two attached hydrogens (primary N) is 1. The van der Waals surface area contributed by atoms with Gasteiger partial charge in [0.05, 0.1) is 12.9 Å². The van der Waals surface area contributed by atoms with Gasteiger partial charge in [-0.25, -0.2) is 9.78 Å². The Morgan fingerprint density at radius 2 is 1.69 bits per heavy atom. The summed E-state index contributed by atoms with van der Waals surface area (Å²) in [5.74, 6) is 1.43. The van der Waals surface area contributed by atoms with Crippen LogP contribution in [0.2, 0.25) is 0 Å². The maximum absolute atomic E-state index is 11.9. The molecule has 220 valence electrons. The SMILES string of the molecule is CCCCOC(=O)ON1CCC(Nc2nc(NC3CCC(N)CC3)nc3c2ncn3C2CCCC2)CC1.Cl.Cl. The molecule has 5 rings (SSSR count). The molecule has 39 heavy (non-hydrogen) atoms. The van der Waals surface area contributed by atoms with E-state index in [1.54, 1.807) is 5.06 Å². The molecule has 1 aliphatic heterocycles. The van der Waals surface area contributed by atoms with E-state index >= 15 is 0 Å². The van der Waals surface area contributed by atoms with Gasteiger partial charge in [-0.2, -0.15) is 9.97 Å². The molecule has 0 atom stereocenters. The monoisotopic (exact) mass is 586 g/mol. The van der Waals surface area contributed by atoms with Gasteiger partial charge >= 0.3 is 6.16 Å². The Kier molecular flexibility index (Phi) is 12.1. The zero-order valence-electron chi connectivity index (χ0n) is 22.8. The van der Waals surface area contributed by atoms with Gasteiger partial charge in [-0.15, -0.1) is 29.9 Å². The molecule has 3 aliphatic rings. The van der Waals surface area contributed by atoms with E-state index < -0.39 is 6.16 Å². The van der Waals surface area contributed by atoms with Crippen LogP contribution in [0.25, 0.3) is 11.2 Å². The fourth-order valence-corrected chi connectivity index (χ4v) is 5.69. The molecule has 2 aromatic rings. The lowest BCUT2D eigenvalue weighted by Gasteiger charge is -2.31. The minimum Gasteiger partial charge on any atom is -0.433 e. The van der Waals surface area contributed by atoms with Gasteiger partial charge in [0.2, 0.25) is 5.95 Å². The van der Waals surface area contributed by atoms with Crippen LogP contribution in [0.5, 0.6) is 0 Å². The Hall–Kier alpha value is -2.08. The van der Waals surface area contributed by atoms with E-state index in [1.165, 1.54) is 25.7 Å². The lowest BCUT2D eigenvalue weighted by molar-refractivity contribution is -0.138. The van der Waals surface area contributed by atoms with Crippen molar-refractivity contribution in [2.75, 3.05) is 30.3 Å². The number of fused-ring (bicyclic) bond motifs is 1. The molecule has 3 heterocycles. The van der Waals surface area contributed by atoms with Crippen LogP contribution in [0.15, 0.2) is 6.33 Å². The Bertz CT molecular complexity index is 1040. The standard InChI is InChI=1S/C26H42N8O3.2ClH/c1-2-3-16-36-26(35)37-33-14-12-20(13-15-33)29-23-22-24(34(17-28-22)21-6-4-5-7-21)32-25(31-23)30-19-10-8-18(27)9-11-19;;/h17-21H,2-16,27H2,1H3,(H2,29,30,31,32);2*1H. The third kappa shape index (κ3) is 8.22. The highest BCUT2D eigenvalue weighted by atomic mass is 35.5. The smallest absolute Gasteiger partial charge is 0.433 e. The Morgan fingerprint density at radius 1 is 1.00 bits per heavy atom. The number of unbranched alkanes of at least 4 members (excludes halogenated alkanes) is 1. The molecule has 0 bridgehead atoms. The van der Waals surface area contributed by atoms with Crippen molar-refractivity contribution in [3.63, 3.8) is 0 Å². The van der Waals surface area contributed by atoms with Crippen LogP contribution in [0.1, 0.15) is 90.0 Å². The summed E-state index contributed by atoms with van der Waals surface area (Å²) in [7, 11) is 0. The number of carbonyl (C=O) groups is 1. The topological polar surface area (TPSA) is 132 Å². The minimum atomic E-state index is -0.616. The molecule has 0 spiro atoms. The van der Waals surface area contributed by atoms with Crippen molar-refractivity contribution >= 4 is 53.9 Å². The summed E-state index contributed by atoms with van der Waals surface area (Å²) in [6.45, 7) is 3.73. The number of anilines is 2. The van der Waals surface area contributed by atoms with Crippen molar-refractivity contribution in [3.8, 4) is 0 Å². The number of nitrogens with zero attached hydrogens (tertiary/aromatic N) is 5. The second kappa shape index (κ2) is 15.1. The van der Waals surface area contributed by atoms with Gasteiger partial charge in [0.1, 0.15) is 0 Å². The molecule has 2 aliphatic carbocycles. The number of hydrogen-bond donors (Lipinski definition) is 3. The summed E-state index contributed by atoms with van der Waals surface area (Å²) in [6.07, 6.45) is 13.7. The van der Waals surface area contributed by atoms with E-state index in [2.05, 4.69) is 22.1 Å². The molecule has 13 heteroatoms. The summed E-state index contributed by atoms with van der Waals surface area (Å²) < 4.78 is 7.37. The first-order chi connectivity index (χ1) is 18.1. The van der Waals surface area contributed by atoms with Crippen LogP contribution < -0.4 is 16.4 Å². The van der Waals surface area contributed by atoms with E-state index in [0.29, 0.717) is 43.8 Å². The lowest BCUT2D eigenvalue weighted by Crippen LogP contribution is -2.40. The fourth-order valence-electron chi connectivity index (χ4n) is 5.69. The van der Waals surface area contributed by atoms with Crippen molar-refractivity contribution in [2.45, 2.75) is 108 Å². The average molecular weight is 588 g/mol. The zero-order valence-corrected chi connectivity index (χ0v) is 24.5.